The van der Waals surface area contributed by atoms with Gasteiger partial charge in [0.05, 0.1) is 41.7 Å². The Labute approximate surface area is 269 Å². The third-order valence-electron chi connectivity index (χ3n) is 7.41. The van der Waals surface area contributed by atoms with Crippen LogP contribution >= 0.6 is 11.3 Å². The normalized spacial score (nSPS) is 15.4. The molecule has 0 saturated heterocycles. The Morgan fingerprint density at radius 2 is 1.83 bits per heavy atom. The van der Waals surface area contributed by atoms with Crippen molar-refractivity contribution in [3.63, 3.8) is 0 Å². The molecule has 0 unspecified atom stereocenters. The molecule has 0 aliphatic carbocycles. The molecule has 3 aromatic carbocycles. The van der Waals surface area contributed by atoms with Crippen molar-refractivity contribution in [1.82, 2.24) is 4.57 Å². The maximum Gasteiger partial charge on any atom is 0.338 e. The van der Waals surface area contributed by atoms with Crippen LogP contribution < -0.4 is 38.6 Å². The molecule has 0 radical (unpaired) electrons. The second-order valence-corrected chi connectivity index (χ2v) is 11.9. The molecule has 238 valence electrons. The molecule has 1 aromatic heterocycles. The Hall–Kier alpha value is -5.03. The molecule has 0 amide bonds. The minimum Gasteiger partial charge on any atom is -0.494 e. The summed E-state index contributed by atoms with van der Waals surface area (Å²) in [7, 11) is 1.57. The van der Waals surface area contributed by atoms with Crippen molar-refractivity contribution in [2.45, 2.75) is 46.4 Å². The summed E-state index contributed by atoms with van der Waals surface area (Å²) in [5.41, 5.74) is 2.96. The molecule has 6 rings (SSSR count). The average molecular weight is 643 g/mol. The highest BCUT2D eigenvalue weighted by atomic mass is 32.1. The monoisotopic (exact) mass is 642 g/mol. The second kappa shape index (κ2) is 13.1. The molecule has 0 spiro atoms. The van der Waals surface area contributed by atoms with Crippen LogP contribution in [0.15, 0.2) is 81.7 Å². The first kappa shape index (κ1) is 31.0. The molecule has 0 N–H and O–H groups in total. The van der Waals surface area contributed by atoms with E-state index in [9.17, 15) is 9.59 Å². The molecule has 4 aromatic rings. The van der Waals surface area contributed by atoms with Gasteiger partial charge in [-0.3, -0.25) is 9.36 Å². The van der Waals surface area contributed by atoms with Crippen LogP contribution in [0.1, 0.15) is 50.4 Å². The lowest BCUT2D eigenvalue weighted by atomic mass is 9.96. The molecule has 46 heavy (non-hydrogen) atoms. The minimum absolute atomic E-state index is 0.209. The number of rotatable bonds is 10. The van der Waals surface area contributed by atoms with Crippen molar-refractivity contribution in [3.05, 3.63) is 108 Å². The van der Waals surface area contributed by atoms with Crippen molar-refractivity contribution in [2.75, 3.05) is 20.5 Å². The van der Waals surface area contributed by atoms with Crippen LogP contribution in [-0.4, -0.2) is 37.1 Å². The number of carbonyl (C=O) groups excluding carboxylic acids is 1. The number of methoxy groups -OCH3 is 1. The van der Waals surface area contributed by atoms with Gasteiger partial charge in [-0.25, -0.2) is 9.79 Å². The zero-order valence-electron chi connectivity index (χ0n) is 26.2. The van der Waals surface area contributed by atoms with Gasteiger partial charge in [-0.1, -0.05) is 35.6 Å². The molecule has 0 fully saturated rings. The summed E-state index contributed by atoms with van der Waals surface area (Å²) in [5.74, 6) is 2.66. The summed E-state index contributed by atoms with van der Waals surface area (Å²) < 4.78 is 35.8. The Morgan fingerprint density at radius 3 is 2.57 bits per heavy atom. The smallest absolute Gasteiger partial charge is 0.338 e. The van der Waals surface area contributed by atoms with E-state index in [0.717, 1.165) is 16.7 Å². The van der Waals surface area contributed by atoms with Crippen molar-refractivity contribution in [2.24, 2.45) is 4.99 Å². The SMILES string of the molecule is CCOc1ccc([C@H]2C(C(=O)OC(C)C)=C(C)N=c3s/c(=C/c4ccc(OCc5ccc6c(c5)OCO6)c(OC)c4)c(=O)n32)cc1. The predicted octanol–water partition coefficient (Wildman–Crippen LogP) is 4.90. The number of nitrogens with zero attached hydrogens (tertiary/aromatic N) is 2. The Kier molecular flexibility index (Phi) is 8.85. The second-order valence-electron chi connectivity index (χ2n) is 10.9. The first-order valence-corrected chi connectivity index (χ1v) is 15.7. The molecule has 1 atom stereocenters. The largest absolute Gasteiger partial charge is 0.494 e. The number of hydrogen-bond donors (Lipinski definition) is 0. The number of carbonyl (C=O) groups is 1. The molecule has 0 saturated carbocycles. The van der Waals surface area contributed by atoms with E-state index in [4.69, 9.17) is 28.4 Å². The van der Waals surface area contributed by atoms with Gasteiger partial charge in [0.25, 0.3) is 5.56 Å². The summed E-state index contributed by atoms with van der Waals surface area (Å²) in [6, 6.07) is 17.8. The summed E-state index contributed by atoms with van der Waals surface area (Å²) >= 11 is 1.26. The zero-order valence-corrected chi connectivity index (χ0v) is 27.0. The van der Waals surface area contributed by atoms with Gasteiger partial charge in [-0.15, -0.1) is 0 Å². The van der Waals surface area contributed by atoms with Crippen LogP contribution in [0.4, 0.5) is 0 Å². The third-order valence-corrected chi connectivity index (χ3v) is 8.39. The van der Waals surface area contributed by atoms with E-state index < -0.39 is 12.0 Å². The first-order valence-electron chi connectivity index (χ1n) is 14.9. The Bertz CT molecular complexity index is 1990. The molecular weight excluding hydrogens is 608 g/mol. The maximum absolute atomic E-state index is 14.0. The van der Waals surface area contributed by atoms with Gasteiger partial charge in [0.15, 0.2) is 27.8 Å². The highest BCUT2D eigenvalue weighted by molar-refractivity contribution is 7.07. The van der Waals surface area contributed by atoms with Gasteiger partial charge in [-0.05, 0) is 86.9 Å². The fourth-order valence-electron chi connectivity index (χ4n) is 5.33. The number of thiazole rings is 1. The van der Waals surface area contributed by atoms with Crippen molar-refractivity contribution in [1.29, 1.82) is 0 Å². The van der Waals surface area contributed by atoms with E-state index >= 15 is 0 Å². The molecule has 3 heterocycles. The number of allylic oxidation sites excluding steroid dienone is 1. The van der Waals surface area contributed by atoms with Crippen LogP contribution in [0.5, 0.6) is 28.7 Å². The maximum atomic E-state index is 14.0. The van der Waals surface area contributed by atoms with Crippen LogP contribution in [-0.2, 0) is 16.1 Å². The molecule has 10 nitrogen and oxygen atoms in total. The topological polar surface area (TPSA) is 107 Å². The average Bonchev–Trinajstić information content (AvgIpc) is 3.63. The lowest BCUT2D eigenvalue weighted by Crippen LogP contribution is -2.40. The van der Waals surface area contributed by atoms with E-state index in [0.29, 0.717) is 62.6 Å². The highest BCUT2D eigenvalue weighted by Crippen LogP contribution is 2.35. The van der Waals surface area contributed by atoms with Crippen LogP contribution in [0, 0.1) is 0 Å². The number of fused-ring (bicyclic) bond motifs is 2. The van der Waals surface area contributed by atoms with Gasteiger partial charge in [0, 0.05) is 0 Å². The number of ether oxygens (including phenoxy) is 6. The first-order chi connectivity index (χ1) is 22.2. The van der Waals surface area contributed by atoms with E-state index in [1.165, 1.54) is 11.3 Å². The van der Waals surface area contributed by atoms with Crippen molar-refractivity contribution in [3.8, 4) is 28.7 Å². The van der Waals surface area contributed by atoms with Crippen molar-refractivity contribution < 1.29 is 33.2 Å². The van der Waals surface area contributed by atoms with Gasteiger partial charge < -0.3 is 28.4 Å². The summed E-state index contributed by atoms with van der Waals surface area (Å²) in [6.45, 7) is 8.29. The van der Waals surface area contributed by atoms with E-state index in [-0.39, 0.29) is 18.5 Å². The fraction of sp³-hybridized carbons (Fsp3) is 0.286. The van der Waals surface area contributed by atoms with Crippen molar-refractivity contribution >= 4 is 23.4 Å². The third kappa shape index (κ3) is 6.23. The lowest BCUT2D eigenvalue weighted by molar-refractivity contribution is -0.143. The number of aromatic nitrogens is 1. The Balaban J connectivity index is 1.34. The highest BCUT2D eigenvalue weighted by Gasteiger charge is 2.34. The molecule has 0 bridgehead atoms. The van der Waals surface area contributed by atoms with Gasteiger partial charge >= 0.3 is 5.97 Å². The van der Waals surface area contributed by atoms with Gasteiger partial charge in [0.1, 0.15) is 12.4 Å². The standard InChI is InChI=1S/C35H34N2O8S/c1-6-41-25-11-9-24(10-12-25)32-31(34(39)45-20(2)3)21(4)36-35-37(32)33(38)30(46-35)17-22-7-13-26(28(15-22)40-5)42-18-23-8-14-27-29(16-23)44-19-43-27/h7-17,20,32H,6,18-19H2,1-5H3/b30-17+/t32-/m0/s1. The lowest BCUT2D eigenvalue weighted by Gasteiger charge is -2.25. The van der Waals surface area contributed by atoms with E-state index in [1.807, 2.05) is 67.6 Å². The molecule has 2 aliphatic heterocycles. The molecule has 11 heteroatoms. The Morgan fingerprint density at radius 1 is 1.04 bits per heavy atom. The minimum atomic E-state index is -0.721. The number of esters is 1. The zero-order chi connectivity index (χ0) is 32.4. The van der Waals surface area contributed by atoms with Crippen LogP contribution in [0.25, 0.3) is 6.08 Å². The molecule has 2 aliphatic rings. The predicted molar refractivity (Wildman–Crippen MR) is 172 cm³/mol. The van der Waals surface area contributed by atoms with Gasteiger partial charge in [0.2, 0.25) is 6.79 Å². The number of hydrogen-bond acceptors (Lipinski definition) is 10. The quantitative estimate of drug-likeness (QED) is 0.225. The number of benzene rings is 3. The molecular formula is C35H34N2O8S. The summed E-state index contributed by atoms with van der Waals surface area (Å²) in [6.07, 6.45) is 1.45. The van der Waals surface area contributed by atoms with E-state index in [2.05, 4.69) is 4.99 Å². The summed E-state index contributed by atoms with van der Waals surface area (Å²) in [4.78, 5) is 32.6. The summed E-state index contributed by atoms with van der Waals surface area (Å²) in [5, 5.41) is 0. The van der Waals surface area contributed by atoms with Crippen LogP contribution in [0.2, 0.25) is 0 Å². The van der Waals surface area contributed by atoms with Crippen LogP contribution in [0.3, 0.4) is 0 Å². The fourth-order valence-corrected chi connectivity index (χ4v) is 6.37. The van der Waals surface area contributed by atoms with E-state index in [1.54, 1.807) is 38.5 Å². The van der Waals surface area contributed by atoms with Gasteiger partial charge in [-0.2, -0.15) is 0 Å².